The molecule has 1 saturated heterocycles. The molecule has 2 heterocycles. The Labute approximate surface area is 128 Å². The Kier molecular flexibility index (Phi) is 6.69. The summed E-state index contributed by atoms with van der Waals surface area (Å²) in [6.45, 7) is 2.44. The fourth-order valence-electron chi connectivity index (χ4n) is 2.05. The van der Waals surface area contributed by atoms with E-state index >= 15 is 0 Å². The van der Waals surface area contributed by atoms with E-state index in [2.05, 4.69) is 10.3 Å². The third-order valence-corrected chi connectivity index (χ3v) is 5.21. The SMILES string of the molecule is CSc1ncccc1C(=O)NCCSC1CCOCC1. The van der Waals surface area contributed by atoms with Crippen LogP contribution in [0.1, 0.15) is 23.2 Å². The second-order valence-corrected chi connectivity index (χ2v) is 6.70. The van der Waals surface area contributed by atoms with Crippen LogP contribution in [0.15, 0.2) is 23.4 Å². The summed E-state index contributed by atoms with van der Waals surface area (Å²) in [7, 11) is 0. The fourth-order valence-corrected chi connectivity index (χ4v) is 3.68. The van der Waals surface area contributed by atoms with Crippen molar-refractivity contribution < 1.29 is 9.53 Å². The van der Waals surface area contributed by atoms with Crippen molar-refractivity contribution in [3.05, 3.63) is 23.9 Å². The lowest BCUT2D eigenvalue weighted by molar-refractivity contribution is 0.0951. The molecule has 0 spiro atoms. The zero-order chi connectivity index (χ0) is 14.2. The Morgan fingerprint density at radius 1 is 1.50 bits per heavy atom. The number of aromatic nitrogens is 1. The summed E-state index contributed by atoms with van der Waals surface area (Å²) in [6, 6.07) is 3.62. The van der Waals surface area contributed by atoms with Gasteiger partial charge in [0.2, 0.25) is 0 Å². The van der Waals surface area contributed by atoms with E-state index in [0.717, 1.165) is 36.8 Å². The molecule has 4 nitrogen and oxygen atoms in total. The van der Waals surface area contributed by atoms with Crippen molar-refractivity contribution in [2.24, 2.45) is 0 Å². The van der Waals surface area contributed by atoms with Crippen LogP contribution in [0, 0.1) is 0 Å². The van der Waals surface area contributed by atoms with Crippen molar-refractivity contribution in [3.63, 3.8) is 0 Å². The van der Waals surface area contributed by atoms with Crippen LogP contribution in [0.4, 0.5) is 0 Å². The van der Waals surface area contributed by atoms with Crippen molar-refractivity contribution >= 4 is 29.4 Å². The molecule has 1 aliphatic heterocycles. The van der Waals surface area contributed by atoms with E-state index in [1.54, 1.807) is 12.3 Å². The molecule has 1 aliphatic rings. The molecule has 0 aromatic carbocycles. The maximum atomic E-state index is 12.1. The highest BCUT2D eigenvalue weighted by Crippen LogP contribution is 2.21. The van der Waals surface area contributed by atoms with E-state index in [0.29, 0.717) is 17.4 Å². The average molecular weight is 312 g/mol. The molecular weight excluding hydrogens is 292 g/mol. The van der Waals surface area contributed by atoms with Gasteiger partial charge in [0.25, 0.3) is 5.91 Å². The summed E-state index contributed by atoms with van der Waals surface area (Å²) >= 11 is 3.42. The molecule has 0 atom stereocenters. The number of hydrogen-bond acceptors (Lipinski definition) is 5. The van der Waals surface area contributed by atoms with E-state index in [1.807, 2.05) is 24.1 Å². The number of pyridine rings is 1. The van der Waals surface area contributed by atoms with E-state index in [1.165, 1.54) is 11.8 Å². The van der Waals surface area contributed by atoms with Gasteiger partial charge in [-0.3, -0.25) is 4.79 Å². The van der Waals surface area contributed by atoms with Crippen LogP contribution in [0.25, 0.3) is 0 Å². The molecule has 0 radical (unpaired) electrons. The number of carbonyl (C=O) groups excluding carboxylic acids is 1. The minimum Gasteiger partial charge on any atom is -0.381 e. The minimum absolute atomic E-state index is 0.0324. The van der Waals surface area contributed by atoms with Gasteiger partial charge in [0.05, 0.1) is 5.56 Å². The molecule has 110 valence electrons. The van der Waals surface area contributed by atoms with Gasteiger partial charge < -0.3 is 10.1 Å². The number of nitrogens with zero attached hydrogens (tertiary/aromatic N) is 1. The van der Waals surface area contributed by atoms with Crippen LogP contribution in [0.5, 0.6) is 0 Å². The van der Waals surface area contributed by atoms with Gasteiger partial charge in [0, 0.05) is 37.0 Å². The third-order valence-electron chi connectivity index (χ3n) is 3.12. The summed E-state index contributed by atoms with van der Waals surface area (Å²) in [5.74, 6) is 0.917. The minimum atomic E-state index is -0.0324. The number of ether oxygens (including phenoxy) is 1. The molecule has 1 N–H and O–H groups in total. The number of thioether (sulfide) groups is 2. The number of hydrogen-bond donors (Lipinski definition) is 1. The monoisotopic (exact) mass is 312 g/mol. The second-order valence-electron chi connectivity index (χ2n) is 4.50. The summed E-state index contributed by atoms with van der Waals surface area (Å²) in [6.07, 6.45) is 5.89. The van der Waals surface area contributed by atoms with Crippen molar-refractivity contribution in [1.29, 1.82) is 0 Å². The molecule has 0 unspecified atom stereocenters. The van der Waals surface area contributed by atoms with Crippen molar-refractivity contribution in [1.82, 2.24) is 10.3 Å². The van der Waals surface area contributed by atoms with Gasteiger partial charge in [-0.2, -0.15) is 11.8 Å². The molecule has 1 aromatic heterocycles. The molecule has 2 rings (SSSR count). The second kappa shape index (κ2) is 8.54. The Morgan fingerprint density at radius 2 is 2.30 bits per heavy atom. The van der Waals surface area contributed by atoms with Gasteiger partial charge in [0.1, 0.15) is 5.03 Å². The number of rotatable bonds is 6. The van der Waals surface area contributed by atoms with Gasteiger partial charge in [-0.1, -0.05) is 0 Å². The van der Waals surface area contributed by atoms with Gasteiger partial charge >= 0.3 is 0 Å². The third kappa shape index (κ3) is 4.68. The molecule has 0 saturated carbocycles. The lowest BCUT2D eigenvalue weighted by Crippen LogP contribution is -2.27. The largest absolute Gasteiger partial charge is 0.381 e. The Bertz CT molecular complexity index is 437. The quantitative estimate of drug-likeness (QED) is 0.646. The first-order chi connectivity index (χ1) is 9.81. The summed E-state index contributed by atoms with van der Waals surface area (Å²) in [5, 5.41) is 4.43. The van der Waals surface area contributed by atoms with Crippen molar-refractivity contribution in [2.45, 2.75) is 23.1 Å². The highest BCUT2D eigenvalue weighted by Gasteiger charge is 2.14. The number of amides is 1. The predicted octanol–water partition coefficient (Wildman–Crippen LogP) is 2.45. The molecular formula is C14H20N2O2S2. The maximum Gasteiger partial charge on any atom is 0.254 e. The van der Waals surface area contributed by atoms with Crippen molar-refractivity contribution in [3.8, 4) is 0 Å². The molecule has 1 fully saturated rings. The molecule has 20 heavy (non-hydrogen) atoms. The summed E-state index contributed by atoms with van der Waals surface area (Å²) < 4.78 is 5.34. The van der Waals surface area contributed by atoms with Crippen LogP contribution < -0.4 is 5.32 Å². The number of carbonyl (C=O) groups is 1. The van der Waals surface area contributed by atoms with Gasteiger partial charge in [-0.05, 0) is 31.2 Å². The molecule has 1 amide bonds. The topological polar surface area (TPSA) is 51.2 Å². The molecule has 0 aliphatic carbocycles. The van der Waals surface area contributed by atoms with Gasteiger partial charge in [-0.15, -0.1) is 11.8 Å². The predicted molar refractivity (Wildman–Crippen MR) is 84.7 cm³/mol. The zero-order valence-corrected chi connectivity index (χ0v) is 13.3. The van der Waals surface area contributed by atoms with Crippen LogP contribution in [-0.2, 0) is 4.74 Å². The van der Waals surface area contributed by atoms with E-state index in [9.17, 15) is 4.79 Å². The Hall–Kier alpha value is -0.720. The maximum absolute atomic E-state index is 12.1. The van der Waals surface area contributed by atoms with Crippen LogP contribution >= 0.6 is 23.5 Å². The summed E-state index contributed by atoms with van der Waals surface area (Å²) in [5.41, 5.74) is 0.663. The first-order valence-corrected chi connectivity index (χ1v) is 9.05. The van der Waals surface area contributed by atoms with Crippen LogP contribution in [-0.4, -0.2) is 47.9 Å². The molecule has 6 heteroatoms. The molecule has 1 aromatic rings. The van der Waals surface area contributed by atoms with Gasteiger partial charge in [0.15, 0.2) is 0 Å². The highest BCUT2D eigenvalue weighted by atomic mass is 32.2. The Balaban J connectivity index is 1.72. The Morgan fingerprint density at radius 3 is 3.05 bits per heavy atom. The average Bonchev–Trinajstić information content (AvgIpc) is 2.52. The first-order valence-electron chi connectivity index (χ1n) is 6.78. The lowest BCUT2D eigenvalue weighted by Gasteiger charge is -2.21. The van der Waals surface area contributed by atoms with E-state index < -0.39 is 0 Å². The summed E-state index contributed by atoms with van der Waals surface area (Å²) in [4.78, 5) is 16.3. The van der Waals surface area contributed by atoms with Crippen LogP contribution in [0.3, 0.4) is 0 Å². The van der Waals surface area contributed by atoms with Gasteiger partial charge in [-0.25, -0.2) is 4.98 Å². The highest BCUT2D eigenvalue weighted by molar-refractivity contribution is 7.99. The van der Waals surface area contributed by atoms with Crippen LogP contribution in [0.2, 0.25) is 0 Å². The molecule has 0 bridgehead atoms. The normalized spacial score (nSPS) is 16.1. The van der Waals surface area contributed by atoms with E-state index in [4.69, 9.17) is 4.74 Å². The zero-order valence-electron chi connectivity index (χ0n) is 11.6. The lowest BCUT2D eigenvalue weighted by atomic mass is 10.2. The first kappa shape index (κ1) is 15.7. The van der Waals surface area contributed by atoms with Crippen molar-refractivity contribution in [2.75, 3.05) is 31.8 Å². The smallest absolute Gasteiger partial charge is 0.254 e. The standard InChI is InChI=1S/C14H20N2O2S2/c1-19-14-12(3-2-6-16-14)13(17)15-7-10-20-11-4-8-18-9-5-11/h2-3,6,11H,4-5,7-10H2,1H3,(H,15,17). The fraction of sp³-hybridized carbons (Fsp3) is 0.571. The van der Waals surface area contributed by atoms with E-state index in [-0.39, 0.29) is 5.91 Å². The number of nitrogens with one attached hydrogen (secondary N) is 1.